The third-order valence-corrected chi connectivity index (χ3v) is 1.71. The molecule has 1 heteroatoms. The number of hydrogen-bond donors (Lipinski definition) is 0. The largest absolute Gasteiger partial charge is 0.152 e. The smallest absolute Gasteiger partial charge is 0.00934 e. The Morgan fingerprint density at radius 1 is 0.591 bits per heavy atom. The van der Waals surface area contributed by atoms with Crippen molar-refractivity contribution in [1.29, 1.82) is 0 Å². The lowest BCUT2D eigenvalue weighted by Gasteiger charge is -1.57. The van der Waals surface area contributed by atoms with Gasteiger partial charge in [-0.1, -0.05) is 118 Å². The molecule has 0 aliphatic heterocycles. The Kier molecular flexibility index (Phi) is 56.8. The van der Waals surface area contributed by atoms with Gasteiger partial charge < -0.3 is 0 Å². The number of thiophene rings is 1. The summed E-state index contributed by atoms with van der Waals surface area (Å²) in [4.78, 5) is 0. The first-order valence-corrected chi connectivity index (χ1v) is 9.89. The summed E-state index contributed by atoms with van der Waals surface area (Å²) in [5.41, 5.74) is 0. The van der Waals surface area contributed by atoms with Gasteiger partial charge in [-0.2, -0.15) is 11.3 Å². The van der Waals surface area contributed by atoms with Gasteiger partial charge >= 0.3 is 0 Å². The molecule has 0 saturated carbocycles. The van der Waals surface area contributed by atoms with E-state index in [0.29, 0.717) is 0 Å². The van der Waals surface area contributed by atoms with Gasteiger partial charge in [0.05, 0.1) is 0 Å². The minimum absolute atomic E-state index is 1.14. The lowest BCUT2D eigenvalue weighted by atomic mass is 10.5. The van der Waals surface area contributed by atoms with Crippen molar-refractivity contribution < 1.29 is 0 Å². The van der Waals surface area contributed by atoms with Crippen LogP contribution in [0.2, 0.25) is 0 Å². The van der Waals surface area contributed by atoms with Crippen molar-refractivity contribution in [3.63, 3.8) is 0 Å². The summed E-state index contributed by atoms with van der Waals surface area (Å²) in [5, 5.41) is 4.08. The number of rotatable bonds is 0. The Labute approximate surface area is 146 Å². The molecule has 1 heterocycles. The molecule has 0 atom stereocenters. The van der Waals surface area contributed by atoms with Gasteiger partial charge in [0.2, 0.25) is 0 Å². The van der Waals surface area contributed by atoms with E-state index in [-0.39, 0.29) is 0 Å². The maximum absolute atomic E-state index is 2.12. The molecule has 0 fully saturated rings. The lowest BCUT2D eigenvalue weighted by Crippen LogP contribution is -1.37. The van der Waals surface area contributed by atoms with Crippen LogP contribution in [0.3, 0.4) is 0 Å². The first-order chi connectivity index (χ1) is 10.7. The highest BCUT2D eigenvalue weighted by atomic mass is 32.1. The molecule has 0 nitrogen and oxygen atoms in total. The molecule has 1 aromatic heterocycles. The highest BCUT2D eigenvalue weighted by Gasteiger charge is 1.72. The number of allylic oxidation sites excluding steroid dienone is 4. The fourth-order valence-corrected chi connectivity index (χ4v) is 1.07. The summed E-state index contributed by atoms with van der Waals surface area (Å²) in [6.45, 7) is 17.0. The fourth-order valence-electron chi connectivity index (χ4n) is 0.620. The predicted octanol–water partition coefficient (Wildman–Crippen LogP) is 8.92. The van der Waals surface area contributed by atoms with E-state index in [9.17, 15) is 0 Å². The van der Waals surface area contributed by atoms with Crippen molar-refractivity contribution in [3.05, 3.63) is 47.2 Å². The quantitative estimate of drug-likeness (QED) is 0.446. The van der Waals surface area contributed by atoms with E-state index in [1.165, 1.54) is 25.7 Å². The zero-order valence-electron chi connectivity index (χ0n) is 16.6. The van der Waals surface area contributed by atoms with Crippen LogP contribution >= 0.6 is 11.3 Å². The second-order valence-corrected chi connectivity index (χ2v) is 5.53. The van der Waals surface area contributed by atoms with Crippen molar-refractivity contribution in [3.8, 4) is 0 Å². The maximum Gasteiger partial charge on any atom is -0.00934 e. The summed E-state index contributed by atoms with van der Waals surface area (Å²) in [6, 6.07) is 4.04. The third kappa shape index (κ3) is 75.2. The van der Waals surface area contributed by atoms with Crippen LogP contribution in [0.5, 0.6) is 0 Å². The van der Waals surface area contributed by atoms with E-state index in [1.807, 2.05) is 22.9 Å². The summed E-state index contributed by atoms with van der Waals surface area (Å²) in [7, 11) is 0. The van der Waals surface area contributed by atoms with E-state index in [4.69, 9.17) is 0 Å². The second-order valence-electron chi connectivity index (χ2n) is 4.71. The topological polar surface area (TPSA) is 0 Å². The second kappa shape index (κ2) is 42.7. The van der Waals surface area contributed by atoms with Gasteiger partial charge in [0, 0.05) is 0 Å². The molecule has 1 aromatic rings. The first kappa shape index (κ1) is 29.2. The monoisotopic (exact) mass is 326 g/mol. The molecule has 2 rings (SSSR count). The highest BCUT2D eigenvalue weighted by molar-refractivity contribution is 7.07. The van der Waals surface area contributed by atoms with Crippen molar-refractivity contribution >= 4 is 11.3 Å². The number of hydrogen-bond acceptors (Lipinski definition) is 1. The van der Waals surface area contributed by atoms with E-state index in [0.717, 1.165) is 6.42 Å². The van der Waals surface area contributed by atoms with E-state index in [1.54, 1.807) is 11.3 Å². The van der Waals surface area contributed by atoms with Gasteiger partial charge in [-0.05, 0) is 17.2 Å². The minimum atomic E-state index is 1.14. The Balaban J connectivity index is -0.0000000908. The van der Waals surface area contributed by atoms with Crippen LogP contribution in [0.25, 0.3) is 0 Å². The van der Waals surface area contributed by atoms with Crippen LogP contribution < -0.4 is 0 Å². The SMILES string of the molecule is C1=CCC=C1.CCC.CCC.CCC.CCC.c1ccsc1. The summed E-state index contributed by atoms with van der Waals surface area (Å²) < 4.78 is 0. The van der Waals surface area contributed by atoms with Gasteiger partial charge in [-0.15, -0.1) is 0 Å². The van der Waals surface area contributed by atoms with Crippen molar-refractivity contribution in [1.82, 2.24) is 0 Å². The van der Waals surface area contributed by atoms with E-state index in [2.05, 4.69) is 79.7 Å². The molecule has 0 N–H and O–H groups in total. The Morgan fingerprint density at radius 3 is 0.955 bits per heavy atom. The molecule has 22 heavy (non-hydrogen) atoms. The standard InChI is InChI=1S/C5H6.C4H4S.4C3H8/c2*1-2-4-5-3-1;4*1-3-2/h1-4H,5H2;1-4H;4*3H2,1-2H3. The summed E-state index contributed by atoms with van der Waals surface area (Å²) >= 11 is 1.71. The third-order valence-electron chi connectivity index (χ3n) is 1.08. The maximum atomic E-state index is 2.12. The molecule has 0 aromatic carbocycles. The van der Waals surface area contributed by atoms with Crippen LogP contribution in [0, 0.1) is 0 Å². The Bertz CT molecular complexity index is 210. The van der Waals surface area contributed by atoms with Crippen LogP contribution in [0.4, 0.5) is 0 Å². The average molecular weight is 327 g/mol. The van der Waals surface area contributed by atoms with Gasteiger partial charge in [0.1, 0.15) is 0 Å². The van der Waals surface area contributed by atoms with Crippen molar-refractivity contribution in [2.75, 3.05) is 0 Å². The first-order valence-electron chi connectivity index (χ1n) is 8.94. The molecule has 0 spiro atoms. The summed E-state index contributed by atoms with van der Waals surface area (Å²) in [6.07, 6.45) is 14.5. The van der Waals surface area contributed by atoms with Crippen molar-refractivity contribution in [2.45, 2.75) is 87.5 Å². The molecule has 1 aliphatic carbocycles. The highest BCUT2D eigenvalue weighted by Crippen LogP contribution is 1.93. The molecule has 0 radical (unpaired) electrons. The molecule has 1 aliphatic rings. The Morgan fingerprint density at radius 2 is 0.864 bits per heavy atom. The van der Waals surface area contributed by atoms with Gasteiger partial charge in [0.15, 0.2) is 0 Å². The molecule has 0 amide bonds. The average Bonchev–Trinajstić information content (AvgIpc) is 3.21. The summed E-state index contributed by atoms with van der Waals surface area (Å²) in [5.74, 6) is 0. The molecule has 132 valence electrons. The Hall–Kier alpha value is -0.820. The van der Waals surface area contributed by atoms with Crippen LogP contribution in [-0.4, -0.2) is 0 Å². The molecular formula is C21H42S. The predicted molar refractivity (Wildman–Crippen MR) is 111 cm³/mol. The van der Waals surface area contributed by atoms with E-state index < -0.39 is 0 Å². The van der Waals surface area contributed by atoms with Gasteiger partial charge in [-0.25, -0.2) is 0 Å². The molecular weight excluding hydrogens is 284 g/mol. The van der Waals surface area contributed by atoms with Gasteiger partial charge in [0.25, 0.3) is 0 Å². The lowest BCUT2D eigenvalue weighted by molar-refractivity contribution is 1.09. The zero-order chi connectivity index (χ0) is 17.9. The fraction of sp³-hybridized carbons (Fsp3) is 0.619. The van der Waals surface area contributed by atoms with E-state index >= 15 is 0 Å². The van der Waals surface area contributed by atoms with Crippen LogP contribution in [0.15, 0.2) is 47.2 Å². The van der Waals surface area contributed by atoms with Crippen LogP contribution in [0.1, 0.15) is 87.5 Å². The normalized spacial score (nSPS) is 9.09. The molecule has 0 saturated heterocycles. The zero-order valence-corrected chi connectivity index (χ0v) is 17.4. The molecule has 0 unspecified atom stereocenters. The van der Waals surface area contributed by atoms with Crippen molar-refractivity contribution in [2.24, 2.45) is 0 Å². The van der Waals surface area contributed by atoms with Crippen LogP contribution in [-0.2, 0) is 0 Å². The van der Waals surface area contributed by atoms with Gasteiger partial charge in [-0.3, -0.25) is 0 Å². The molecule has 0 bridgehead atoms. The minimum Gasteiger partial charge on any atom is -0.152 e.